The molecule has 1 rings (SSSR count). The van der Waals surface area contributed by atoms with E-state index in [2.05, 4.69) is 64.7 Å². The molecule has 1 fully saturated rings. The molecular formula is C24H39NOS. The number of nitrogens with one attached hydrogen (secondary N) is 1. The summed E-state index contributed by atoms with van der Waals surface area (Å²) >= 11 is 1.89. The number of carbonyl (C=O) groups excluding carboxylic acids is 1. The average molecular weight is 390 g/mol. The van der Waals surface area contributed by atoms with Gasteiger partial charge in [-0.2, -0.15) is 11.8 Å². The first kappa shape index (κ1) is 23.8. The van der Waals surface area contributed by atoms with Gasteiger partial charge in [-0.25, -0.2) is 0 Å². The van der Waals surface area contributed by atoms with Crippen LogP contribution in [-0.4, -0.2) is 23.5 Å². The molecule has 1 unspecified atom stereocenters. The van der Waals surface area contributed by atoms with E-state index in [1.807, 2.05) is 17.8 Å². The molecule has 1 N–H and O–H groups in total. The third-order valence-electron chi connectivity index (χ3n) is 5.05. The van der Waals surface area contributed by atoms with Gasteiger partial charge >= 0.3 is 0 Å². The van der Waals surface area contributed by atoms with Gasteiger partial charge in [-0.1, -0.05) is 41.0 Å². The molecule has 0 aromatic heterocycles. The molecular weight excluding hydrogens is 350 g/mol. The van der Waals surface area contributed by atoms with Crippen molar-refractivity contribution in [3.63, 3.8) is 0 Å². The van der Waals surface area contributed by atoms with E-state index in [4.69, 9.17) is 0 Å². The van der Waals surface area contributed by atoms with Crippen molar-refractivity contribution in [2.45, 2.75) is 79.2 Å². The number of thioether (sulfide) groups is 1. The molecule has 27 heavy (non-hydrogen) atoms. The Morgan fingerprint density at radius 3 is 2.22 bits per heavy atom. The van der Waals surface area contributed by atoms with Crippen LogP contribution < -0.4 is 5.32 Å². The van der Waals surface area contributed by atoms with Crippen LogP contribution in [0.1, 0.15) is 73.1 Å². The molecule has 1 saturated carbocycles. The Kier molecular flexibility index (Phi) is 10.8. The highest BCUT2D eigenvalue weighted by Gasteiger charge is 2.47. The summed E-state index contributed by atoms with van der Waals surface area (Å²) in [5.74, 6) is 2.12. The zero-order chi connectivity index (χ0) is 20.3. The minimum absolute atomic E-state index is 0.157. The molecule has 0 aliphatic heterocycles. The van der Waals surface area contributed by atoms with Crippen LogP contribution in [0, 0.1) is 5.41 Å². The van der Waals surface area contributed by atoms with Crippen LogP contribution in [0.2, 0.25) is 0 Å². The number of hydrogen-bond donors (Lipinski definition) is 1. The van der Waals surface area contributed by atoms with E-state index in [0.717, 1.165) is 43.6 Å². The lowest BCUT2D eigenvalue weighted by atomic mass is 10.1. The third kappa shape index (κ3) is 10.0. The second-order valence-electron chi connectivity index (χ2n) is 8.23. The van der Waals surface area contributed by atoms with Crippen LogP contribution in [-0.2, 0) is 4.79 Å². The summed E-state index contributed by atoms with van der Waals surface area (Å²) in [5, 5.41) is 3.13. The third-order valence-corrected chi connectivity index (χ3v) is 6.19. The van der Waals surface area contributed by atoms with E-state index in [9.17, 15) is 4.79 Å². The highest BCUT2D eigenvalue weighted by molar-refractivity contribution is 7.99. The van der Waals surface area contributed by atoms with Crippen LogP contribution in [0.4, 0.5) is 0 Å². The van der Waals surface area contributed by atoms with Crippen LogP contribution >= 0.6 is 11.8 Å². The molecule has 0 saturated heterocycles. The van der Waals surface area contributed by atoms with Crippen molar-refractivity contribution >= 4 is 17.7 Å². The van der Waals surface area contributed by atoms with Crippen molar-refractivity contribution in [1.29, 1.82) is 0 Å². The summed E-state index contributed by atoms with van der Waals surface area (Å²) in [6.45, 7) is 14.7. The first-order valence-corrected chi connectivity index (χ1v) is 11.4. The van der Waals surface area contributed by atoms with Gasteiger partial charge in [0.25, 0.3) is 0 Å². The molecule has 0 bridgehead atoms. The molecule has 152 valence electrons. The Morgan fingerprint density at radius 1 is 1.07 bits per heavy atom. The van der Waals surface area contributed by atoms with Gasteiger partial charge < -0.3 is 5.32 Å². The van der Waals surface area contributed by atoms with Crippen molar-refractivity contribution in [2.24, 2.45) is 5.41 Å². The zero-order valence-corrected chi connectivity index (χ0v) is 18.9. The normalized spacial score (nSPS) is 17.2. The fourth-order valence-corrected chi connectivity index (χ4v) is 3.83. The highest BCUT2D eigenvalue weighted by Crippen LogP contribution is 2.46. The van der Waals surface area contributed by atoms with E-state index in [-0.39, 0.29) is 17.4 Å². The first-order chi connectivity index (χ1) is 12.8. The van der Waals surface area contributed by atoms with Gasteiger partial charge in [-0.3, -0.25) is 4.79 Å². The van der Waals surface area contributed by atoms with Crippen molar-refractivity contribution in [2.75, 3.05) is 11.5 Å². The molecule has 1 amide bonds. The predicted molar refractivity (Wildman–Crippen MR) is 122 cm³/mol. The lowest BCUT2D eigenvalue weighted by molar-refractivity contribution is -0.125. The smallest absolute Gasteiger partial charge is 0.230 e. The van der Waals surface area contributed by atoms with Crippen molar-refractivity contribution in [3.05, 3.63) is 47.6 Å². The maximum absolute atomic E-state index is 12.2. The number of allylic oxidation sites excluding steroid dienone is 5. The largest absolute Gasteiger partial charge is 0.352 e. The minimum Gasteiger partial charge on any atom is -0.352 e. The monoisotopic (exact) mass is 389 g/mol. The molecule has 1 atom stereocenters. The summed E-state index contributed by atoms with van der Waals surface area (Å²) in [5.41, 5.74) is 4.09. The quantitative estimate of drug-likeness (QED) is 0.284. The summed E-state index contributed by atoms with van der Waals surface area (Å²) in [4.78, 5) is 12.2. The fraction of sp³-hybridized carbons (Fsp3) is 0.625. The molecule has 2 nitrogen and oxygen atoms in total. The molecule has 0 spiro atoms. The van der Waals surface area contributed by atoms with Gasteiger partial charge in [-0.05, 0) is 73.1 Å². The molecule has 0 radical (unpaired) electrons. The van der Waals surface area contributed by atoms with Crippen molar-refractivity contribution < 1.29 is 4.79 Å². The second-order valence-corrected chi connectivity index (χ2v) is 9.31. The van der Waals surface area contributed by atoms with E-state index in [0.29, 0.717) is 0 Å². The highest BCUT2D eigenvalue weighted by atomic mass is 32.2. The summed E-state index contributed by atoms with van der Waals surface area (Å²) < 4.78 is 0. The van der Waals surface area contributed by atoms with E-state index in [1.165, 1.54) is 23.1 Å². The summed E-state index contributed by atoms with van der Waals surface area (Å²) in [6.07, 6.45) is 15.3. The number of amides is 1. The van der Waals surface area contributed by atoms with Crippen LogP contribution in [0.15, 0.2) is 47.6 Å². The van der Waals surface area contributed by atoms with E-state index >= 15 is 0 Å². The molecule has 0 aromatic carbocycles. The number of rotatable bonds is 13. The van der Waals surface area contributed by atoms with E-state index < -0.39 is 0 Å². The predicted octanol–water partition coefficient (Wildman–Crippen LogP) is 6.61. The Bertz CT molecular complexity index is 577. The lowest BCUT2D eigenvalue weighted by Gasteiger charge is -2.16. The van der Waals surface area contributed by atoms with Gasteiger partial charge in [0.15, 0.2) is 0 Å². The van der Waals surface area contributed by atoms with Gasteiger partial charge in [-0.15, -0.1) is 6.58 Å². The molecule has 1 aliphatic rings. The minimum atomic E-state index is -0.257. The van der Waals surface area contributed by atoms with Crippen LogP contribution in [0.5, 0.6) is 0 Å². The Hall–Kier alpha value is -1.22. The molecule has 0 aromatic rings. The Balaban J connectivity index is 2.16. The Labute approximate surface area is 171 Å². The SMILES string of the molecule is C=CC1(C(=O)NC(C)CSC/C=C(\C)CC/C=C(\C)CCC=C(C)C)CC1. The topological polar surface area (TPSA) is 29.1 Å². The van der Waals surface area contributed by atoms with Gasteiger partial charge in [0, 0.05) is 17.5 Å². The first-order valence-electron chi connectivity index (χ1n) is 10.3. The maximum atomic E-state index is 12.2. The lowest BCUT2D eigenvalue weighted by Crippen LogP contribution is -2.38. The fourth-order valence-electron chi connectivity index (χ4n) is 2.85. The van der Waals surface area contributed by atoms with Gasteiger partial charge in [0.1, 0.15) is 0 Å². The van der Waals surface area contributed by atoms with Crippen molar-refractivity contribution in [3.8, 4) is 0 Å². The standard InChI is InChI=1S/C24H39NOS/c1-7-24(15-16-24)23(26)25-22(6)18-27-17-14-21(5)13-9-12-20(4)11-8-10-19(2)3/h7,10,12,14,22H,1,8-9,11,13,15-18H2,2-6H3,(H,25,26)/b20-12+,21-14+. The zero-order valence-electron chi connectivity index (χ0n) is 18.1. The van der Waals surface area contributed by atoms with Crippen LogP contribution in [0.25, 0.3) is 0 Å². The average Bonchev–Trinajstić information content (AvgIpc) is 3.39. The number of carbonyl (C=O) groups is 1. The van der Waals surface area contributed by atoms with Crippen LogP contribution in [0.3, 0.4) is 0 Å². The summed E-state index contributed by atoms with van der Waals surface area (Å²) in [6, 6.07) is 0.208. The van der Waals surface area contributed by atoms with Gasteiger partial charge in [0.2, 0.25) is 5.91 Å². The number of hydrogen-bond acceptors (Lipinski definition) is 2. The maximum Gasteiger partial charge on any atom is 0.230 e. The van der Waals surface area contributed by atoms with Crippen molar-refractivity contribution in [1.82, 2.24) is 5.32 Å². The Morgan fingerprint density at radius 2 is 1.67 bits per heavy atom. The summed E-state index contributed by atoms with van der Waals surface area (Å²) in [7, 11) is 0. The molecule has 3 heteroatoms. The molecule has 1 aliphatic carbocycles. The van der Waals surface area contributed by atoms with E-state index in [1.54, 1.807) is 0 Å². The van der Waals surface area contributed by atoms with Gasteiger partial charge in [0.05, 0.1) is 5.41 Å². The second kappa shape index (κ2) is 12.3. The molecule has 0 heterocycles.